The zero-order valence-corrected chi connectivity index (χ0v) is 8.91. The molecule has 0 amide bonds. The van der Waals surface area contributed by atoms with E-state index >= 15 is 0 Å². The molecule has 2 nitrogen and oxygen atoms in total. The Morgan fingerprint density at radius 2 is 2.20 bits per heavy atom. The maximum Gasteiger partial charge on any atom is 0.0770 e. The number of nitrogens with one attached hydrogen (secondary N) is 1. The van der Waals surface area contributed by atoms with Gasteiger partial charge in [-0.1, -0.05) is 24.3 Å². The molecule has 0 saturated carbocycles. The fourth-order valence-electron chi connectivity index (χ4n) is 2.77. The van der Waals surface area contributed by atoms with Gasteiger partial charge >= 0.3 is 0 Å². The lowest BCUT2D eigenvalue weighted by molar-refractivity contribution is -0.00838. The number of benzene rings is 1. The van der Waals surface area contributed by atoms with Gasteiger partial charge in [0, 0.05) is 6.54 Å². The Kier molecular flexibility index (Phi) is 2.47. The number of hydrogen-bond donors (Lipinski definition) is 1. The largest absolute Gasteiger partial charge is 0.375 e. The van der Waals surface area contributed by atoms with E-state index in [4.69, 9.17) is 4.74 Å². The van der Waals surface area contributed by atoms with Gasteiger partial charge in [0.05, 0.1) is 18.8 Å². The third-order valence-electron chi connectivity index (χ3n) is 3.49. The maximum atomic E-state index is 5.86. The molecule has 1 aromatic rings. The molecule has 2 heteroatoms. The maximum absolute atomic E-state index is 5.86. The Bertz CT molecular complexity index is 350. The lowest BCUT2D eigenvalue weighted by atomic mass is 9.97. The van der Waals surface area contributed by atoms with Crippen molar-refractivity contribution >= 4 is 0 Å². The molecule has 2 atom stereocenters. The molecule has 1 N–H and O–H groups in total. The van der Waals surface area contributed by atoms with Crippen molar-refractivity contribution in [2.24, 2.45) is 0 Å². The second kappa shape index (κ2) is 3.95. The van der Waals surface area contributed by atoms with E-state index in [0.29, 0.717) is 12.1 Å². The first-order chi connectivity index (χ1) is 7.45. The van der Waals surface area contributed by atoms with Gasteiger partial charge in [-0.25, -0.2) is 0 Å². The highest BCUT2D eigenvalue weighted by Gasteiger charge is 2.30. The lowest BCUT2D eigenvalue weighted by Crippen LogP contribution is -2.41. The van der Waals surface area contributed by atoms with Crippen LogP contribution < -0.4 is 5.32 Å². The number of ether oxygens (including phenoxy) is 1. The number of morpholine rings is 1. The Morgan fingerprint density at radius 1 is 1.27 bits per heavy atom. The van der Waals surface area contributed by atoms with Crippen molar-refractivity contribution in [2.75, 3.05) is 13.2 Å². The van der Waals surface area contributed by atoms with Gasteiger partial charge in [0.25, 0.3) is 0 Å². The van der Waals surface area contributed by atoms with Crippen molar-refractivity contribution in [2.45, 2.75) is 31.4 Å². The van der Waals surface area contributed by atoms with Crippen LogP contribution in [-0.4, -0.2) is 19.3 Å². The monoisotopic (exact) mass is 203 g/mol. The van der Waals surface area contributed by atoms with Crippen LogP contribution in [0.5, 0.6) is 0 Å². The smallest absolute Gasteiger partial charge is 0.0770 e. The Hall–Kier alpha value is -0.860. The molecule has 0 bridgehead atoms. The van der Waals surface area contributed by atoms with Crippen LogP contribution in [0.25, 0.3) is 0 Å². The summed E-state index contributed by atoms with van der Waals surface area (Å²) < 4.78 is 5.86. The van der Waals surface area contributed by atoms with Crippen LogP contribution in [0, 0.1) is 0 Å². The summed E-state index contributed by atoms with van der Waals surface area (Å²) in [7, 11) is 0. The zero-order chi connectivity index (χ0) is 10.1. The van der Waals surface area contributed by atoms with Crippen molar-refractivity contribution in [3.63, 3.8) is 0 Å². The van der Waals surface area contributed by atoms with Gasteiger partial charge in [0.2, 0.25) is 0 Å². The van der Waals surface area contributed by atoms with Crippen molar-refractivity contribution in [1.82, 2.24) is 5.32 Å². The normalized spacial score (nSPS) is 30.1. The van der Waals surface area contributed by atoms with Crippen LogP contribution >= 0.6 is 0 Å². The van der Waals surface area contributed by atoms with Crippen LogP contribution in [0.4, 0.5) is 0 Å². The Morgan fingerprint density at radius 3 is 3.20 bits per heavy atom. The van der Waals surface area contributed by atoms with E-state index in [1.54, 1.807) is 0 Å². The van der Waals surface area contributed by atoms with Crippen LogP contribution in [0.15, 0.2) is 24.3 Å². The van der Waals surface area contributed by atoms with Crippen LogP contribution in [0.3, 0.4) is 0 Å². The summed E-state index contributed by atoms with van der Waals surface area (Å²) in [5.74, 6) is 0. The summed E-state index contributed by atoms with van der Waals surface area (Å²) in [4.78, 5) is 0. The molecule has 1 saturated heterocycles. The highest BCUT2D eigenvalue weighted by Crippen LogP contribution is 2.31. The topological polar surface area (TPSA) is 21.3 Å². The van der Waals surface area contributed by atoms with Crippen molar-refractivity contribution in [3.8, 4) is 0 Å². The van der Waals surface area contributed by atoms with Crippen molar-refractivity contribution < 1.29 is 4.74 Å². The van der Waals surface area contributed by atoms with E-state index in [-0.39, 0.29) is 0 Å². The van der Waals surface area contributed by atoms with Gasteiger partial charge in [-0.15, -0.1) is 0 Å². The van der Waals surface area contributed by atoms with E-state index in [0.717, 1.165) is 13.2 Å². The summed E-state index contributed by atoms with van der Waals surface area (Å²) in [5.41, 5.74) is 2.96. The summed E-state index contributed by atoms with van der Waals surface area (Å²) in [6, 6.07) is 9.21. The molecule has 1 aliphatic carbocycles. The van der Waals surface area contributed by atoms with E-state index in [1.807, 2.05) is 0 Å². The Labute approximate surface area is 90.6 Å². The quantitative estimate of drug-likeness (QED) is 0.697. The molecule has 1 aromatic carbocycles. The fourth-order valence-corrected chi connectivity index (χ4v) is 2.77. The molecule has 15 heavy (non-hydrogen) atoms. The van der Waals surface area contributed by atoms with Crippen LogP contribution in [0.2, 0.25) is 0 Å². The highest BCUT2D eigenvalue weighted by molar-refractivity contribution is 5.32. The van der Waals surface area contributed by atoms with E-state index < -0.39 is 0 Å². The number of aryl methyl sites for hydroxylation is 1. The minimum absolute atomic E-state index is 0.391. The molecule has 0 spiro atoms. The molecule has 0 radical (unpaired) electrons. The number of hydrogen-bond acceptors (Lipinski definition) is 2. The highest BCUT2D eigenvalue weighted by atomic mass is 16.5. The lowest BCUT2D eigenvalue weighted by Gasteiger charge is -2.32. The van der Waals surface area contributed by atoms with Crippen LogP contribution in [0.1, 0.15) is 30.0 Å². The molecular weight excluding hydrogens is 186 g/mol. The molecule has 2 unspecified atom stereocenters. The van der Waals surface area contributed by atoms with E-state index in [2.05, 4.69) is 29.6 Å². The standard InChI is InChI=1S/C13H17NO/c1-2-6-11-10(4-1)5-3-7-12-13(11)14-8-9-15-12/h1-2,4,6,12-14H,3,5,7-9H2. The molecule has 1 heterocycles. The summed E-state index contributed by atoms with van der Waals surface area (Å²) in [5, 5.41) is 3.59. The van der Waals surface area contributed by atoms with Gasteiger partial charge in [0.15, 0.2) is 0 Å². The average molecular weight is 203 g/mol. The fraction of sp³-hybridized carbons (Fsp3) is 0.538. The molecular formula is C13H17NO. The van der Waals surface area contributed by atoms with Gasteiger partial charge in [-0.2, -0.15) is 0 Å². The predicted octanol–water partition coefficient (Wildman–Crippen LogP) is 2.05. The molecule has 3 rings (SSSR count). The second-order valence-corrected chi connectivity index (χ2v) is 4.43. The minimum Gasteiger partial charge on any atom is -0.375 e. The zero-order valence-electron chi connectivity index (χ0n) is 8.91. The van der Waals surface area contributed by atoms with E-state index in [1.165, 1.54) is 30.4 Å². The summed E-state index contributed by atoms with van der Waals surface area (Å²) in [6.45, 7) is 1.85. The number of rotatable bonds is 0. The first-order valence-electron chi connectivity index (χ1n) is 5.88. The molecule has 1 fully saturated rings. The summed E-state index contributed by atoms with van der Waals surface area (Å²) >= 11 is 0. The van der Waals surface area contributed by atoms with Crippen molar-refractivity contribution in [3.05, 3.63) is 35.4 Å². The first kappa shape index (κ1) is 9.37. The first-order valence-corrected chi connectivity index (χ1v) is 5.88. The molecule has 80 valence electrons. The third kappa shape index (κ3) is 1.68. The summed E-state index contributed by atoms with van der Waals surface area (Å²) in [6.07, 6.45) is 4.03. The van der Waals surface area contributed by atoms with Gasteiger partial charge < -0.3 is 10.1 Å². The van der Waals surface area contributed by atoms with Gasteiger partial charge in [-0.3, -0.25) is 0 Å². The van der Waals surface area contributed by atoms with Crippen molar-refractivity contribution in [1.29, 1.82) is 0 Å². The second-order valence-electron chi connectivity index (χ2n) is 4.43. The number of fused-ring (bicyclic) bond motifs is 3. The average Bonchev–Trinajstić information content (AvgIpc) is 2.48. The third-order valence-corrected chi connectivity index (χ3v) is 3.49. The van der Waals surface area contributed by atoms with E-state index in [9.17, 15) is 0 Å². The molecule has 0 aromatic heterocycles. The predicted molar refractivity (Wildman–Crippen MR) is 59.9 cm³/mol. The molecule has 1 aliphatic heterocycles. The van der Waals surface area contributed by atoms with Gasteiger partial charge in [0.1, 0.15) is 0 Å². The van der Waals surface area contributed by atoms with Crippen LogP contribution in [-0.2, 0) is 11.2 Å². The Balaban J connectivity index is 1.99. The molecule has 2 aliphatic rings. The SMILES string of the molecule is c1ccc2c(c1)CCCC1OCCNC21. The minimum atomic E-state index is 0.391. The van der Waals surface area contributed by atoms with Gasteiger partial charge in [-0.05, 0) is 30.4 Å².